The summed E-state index contributed by atoms with van der Waals surface area (Å²) in [5, 5.41) is -0.266. The highest BCUT2D eigenvalue weighted by molar-refractivity contribution is 6.74. The van der Waals surface area contributed by atoms with Crippen molar-refractivity contribution < 1.29 is 23.3 Å². The van der Waals surface area contributed by atoms with Crippen molar-refractivity contribution in [2.45, 2.75) is 135 Å². The van der Waals surface area contributed by atoms with Crippen LogP contribution in [0, 0.1) is 17.3 Å². The average Bonchev–Trinajstić information content (AvgIpc) is 3.02. The molecule has 200 valence electrons. The molecular formula is C27H48BClO5Si. The van der Waals surface area contributed by atoms with E-state index in [4.69, 9.17) is 30.1 Å². The highest BCUT2D eigenvalue weighted by Gasteiger charge is 2.67. The number of hydrogen-bond acceptors (Lipinski definition) is 5. The Balaban J connectivity index is 1.63. The molecule has 0 aromatic carbocycles. The van der Waals surface area contributed by atoms with Gasteiger partial charge >= 0.3 is 13.1 Å². The number of carbonyl (C=O) groups is 1. The van der Waals surface area contributed by atoms with E-state index >= 15 is 0 Å². The van der Waals surface area contributed by atoms with Crippen molar-refractivity contribution in [2.75, 3.05) is 0 Å². The smallest absolute Gasteiger partial charge is 0.460 e. The minimum absolute atomic E-state index is 0.0355. The predicted octanol–water partition coefficient (Wildman–Crippen LogP) is 6.93. The van der Waals surface area contributed by atoms with Gasteiger partial charge in [0.05, 0.1) is 29.5 Å². The van der Waals surface area contributed by atoms with E-state index in [0.717, 1.165) is 6.42 Å². The molecule has 3 aliphatic carbocycles. The van der Waals surface area contributed by atoms with Crippen LogP contribution in [0.4, 0.5) is 0 Å². The molecule has 1 aliphatic heterocycles. The van der Waals surface area contributed by atoms with Gasteiger partial charge in [-0.1, -0.05) is 46.8 Å². The summed E-state index contributed by atoms with van der Waals surface area (Å²) < 4.78 is 25.0. The Morgan fingerprint density at radius 2 is 1.83 bits per heavy atom. The molecule has 4 fully saturated rings. The molecule has 4 aliphatic rings. The van der Waals surface area contributed by atoms with E-state index in [2.05, 4.69) is 54.6 Å². The van der Waals surface area contributed by atoms with Gasteiger partial charge in [0.15, 0.2) is 8.32 Å². The SMILES string of the molecule is CC(C)(C)OC(=O)CC(/C=C\C[C@@H](Cl)B1O[C@@H]2[C@@H]3C[C@H](C[C@]2(C)O1)C3(C)C)O[Si](C)(C)C(C)(C)C. The molecule has 5 nitrogen and oxygen atoms in total. The second kappa shape index (κ2) is 9.76. The summed E-state index contributed by atoms with van der Waals surface area (Å²) in [6.07, 6.45) is 6.78. The summed E-state index contributed by atoms with van der Waals surface area (Å²) in [7, 11) is -2.50. The fraction of sp³-hybridized carbons (Fsp3) is 0.889. The van der Waals surface area contributed by atoms with E-state index in [1.165, 1.54) is 6.42 Å². The maximum absolute atomic E-state index is 12.6. The fourth-order valence-electron chi connectivity index (χ4n) is 5.62. The van der Waals surface area contributed by atoms with Crippen molar-refractivity contribution in [3.8, 4) is 0 Å². The first-order chi connectivity index (χ1) is 15.8. The maximum atomic E-state index is 12.6. The number of ether oxygens (including phenoxy) is 1. The molecule has 2 bridgehead atoms. The quantitative estimate of drug-likeness (QED) is 0.148. The van der Waals surface area contributed by atoms with Crippen molar-refractivity contribution in [3.05, 3.63) is 12.2 Å². The van der Waals surface area contributed by atoms with Gasteiger partial charge in [0.2, 0.25) is 0 Å². The summed E-state index contributed by atoms with van der Waals surface area (Å²) >= 11 is 6.80. The van der Waals surface area contributed by atoms with E-state index in [9.17, 15) is 4.79 Å². The lowest BCUT2D eigenvalue weighted by Gasteiger charge is -2.63. The van der Waals surface area contributed by atoms with Gasteiger partial charge in [-0.05, 0) is 82.3 Å². The molecule has 35 heavy (non-hydrogen) atoms. The van der Waals surface area contributed by atoms with Crippen LogP contribution < -0.4 is 0 Å². The third-order valence-corrected chi connectivity index (χ3v) is 13.8. The molecule has 4 rings (SSSR count). The van der Waals surface area contributed by atoms with Gasteiger partial charge in [-0.25, -0.2) is 0 Å². The Kier molecular flexibility index (Phi) is 8.15. The summed E-state index contributed by atoms with van der Waals surface area (Å²) in [6, 6.07) is 0. The Labute approximate surface area is 220 Å². The molecule has 0 spiro atoms. The van der Waals surface area contributed by atoms with Crippen LogP contribution in [0.5, 0.6) is 0 Å². The normalized spacial score (nSPS) is 32.2. The minimum atomic E-state index is -2.09. The van der Waals surface area contributed by atoms with Gasteiger partial charge in [-0.2, -0.15) is 0 Å². The molecule has 8 heteroatoms. The Hall–Kier alpha value is -0.338. The summed E-state index contributed by atoms with van der Waals surface area (Å²) in [5.41, 5.74) is -0.446. The first kappa shape index (κ1) is 29.2. The van der Waals surface area contributed by atoms with E-state index in [-0.39, 0.29) is 40.5 Å². The monoisotopic (exact) mass is 526 g/mol. The molecule has 1 unspecified atom stereocenters. The van der Waals surface area contributed by atoms with Crippen LogP contribution in [0.3, 0.4) is 0 Å². The summed E-state index contributed by atoms with van der Waals surface area (Å²) in [4.78, 5) is 12.6. The van der Waals surface area contributed by atoms with Gasteiger partial charge in [0, 0.05) is 0 Å². The van der Waals surface area contributed by atoms with Gasteiger partial charge in [-0.15, -0.1) is 11.6 Å². The van der Waals surface area contributed by atoms with Crippen LogP contribution in [0.15, 0.2) is 12.2 Å². The molecule has 1 saturated heterocycles. The van der Waals surface area contributed by atoms with E-state index < -0.39 is 21.0 Å². The second-order valence-corrected chi connectivity index (χ2v) is 19.6. The van der Waals surface area contributed by atoms with Crippen molar-refractivity contribution in [1.82, 2.24) is 0 Å². The van der Waals surface area contributed by atoms with E-state index in [0.29, 0.717) is 23.7 Å². The Morgan fingerprint density at radius 3 is 2.37 bits per heavy atom. The molecule has 6 atom stereocenters. The number of carbonyl (C=O) groups excluding carboxylic acids is 1. The van der Waals surface area contributed by atoms with Crippen LogP contribution in [0.25, 0.3) is 0 Å². The van der Waals surface area contributed by atoms with Crippen LogP contribution in [-0.2, 0) is 23.3 Å². The van der Waals surface area contributed by atoms with Gasteiger partial charge < -0.3 is 18.5 Å². The molecule has 3 saturated carbocycles. The topological polar surface area (TPSA) is 54.0 Å². The number of allylic oxidation sites excluding steroid dienone is 1. The zero-order valence-corrected chi connectivity index (χ0v) is 25.6. The van der Waals surface area contributed by atoms with Gasteiger partial charge in [-0.3, -0.25) is 4.79 Å². The van der Waals surface area contributed by atoms with Crippen molar-refractivity contribution in [3.63, 3.8) is 0 Å². The van der Waals surface area contributed by atoms with E-state index in [1.807, 2.05) is 32.9 Å². The van der Waals surface area contributed by atoms with Crippen LogP contribution in [-0.4, -0.2) is 50.1 Å². The minimum Gasteiger partial charge on any atom is -0.460 e. The standard InChI is InChI=1S/C27H48BClO5Si/c1-24(2,3)31-22(30)16-19(33-35(10,11)25(4,5)6)13-12-14-21(29)28-32-23-20-15-18(26(20,7)8)17-27(23,9)34-28/h12-13,18-21,23H,14-17H2,1-11H3/b13-12-/t18-,19?,20+,21-,23-,27+/m1/s1. The van der Waals surface area contributed by atoms with E-state index in [1.54, 1.807) is 0 Å². The lowest BCUT2D eigenvalue weighted by atomic mass is 9.45. The summed E-state index contributed by atoms with van der Waals surface area (Å²) in [5.74, 6) is 0.979. The lowest BCUT2D eigenvalue weighted by molar-refractivity contribution is -0.185. The average molecular weight is 527 g/mol. The predicted molar refractivity (Wildman–Crippen MR) is 146 cm³/mol. The maximum Gasteiger partial charge on any atom is 0.477 e. The molecular weight excluding hydrogens is 479 g/mol. The lowest BCUT2D eigenvalue weighted by Crippen LogP contribution is -2.63. The first-order valence-corrected chi connectivity index (χ1v) is 16.6. The van der Waals surface area contributed by atoms with Crippen molar-refractivity contribution >= 4 is 33.0 Å². The van der Waals surface area contributed by atoms with Crippen LogP contribution in [0.2, 0.25) is 18.1 Å². The van der Waals surface area contributed by atoms with Crippen molar-refractivity contribution in [2.24, 2.45) is 17.3 Å². The third kappa shape index (κ3) is 6.39. The number of alkyl halides is 1. The van der Waals surface area contributed by atoms with Crippen LogP contribution in [0.1, 0.15) is 88.0 Å². The number of esters is 1. The largest absolute Gasteiger partial charge is 0.477 e. The number of halogens is 1. The van der Waals surface area contributed by atoms with Crippen molar-refractivity contribution in [1.29, 1.82) is 0 Å². The Bertz CT molecular complexity index is 817. The third-order valence-electron chi connectivity index (χ3n) is 8.88. The highest BCUT2D eigenvalue weighted by atomic mass is 35.5. The van der Waals surface area contributed by atoms with Gasteiger partial charge in [0.25, 0.3) is 0 Å². The molecule has 0 aromatic heterocycles. The number of hydrogen-bond donors (Lipinski definition) is 0. The highest BCUT2D eigenvalue weighted by Crippen LogP contribution is 2.64. The molecule has 1 heterocycles. The van der Waals surface area contributed by atoms with Gasteiger partial charge in [0.1, 0.15) is 5.60 Å². The van der Waals surface area contributed by atoms with Crippen LogP contribution >= 0.6 is 11.6 Å². The number of rotatable bonds is 8. The molecule has 0 N–H and O–H groups in total. The zero-order chi connectivity index (χ0) is 26.6. The Morgan fingerprint density at radius 1 is 1.20 bits per heavy atom. The molecule has 0 radical (unpaired) electrons. The first-order valence-electron chi connectivity index (χ1n) is 13.3. The zero-order valence-electron chi connectivity index (χ0n) is 23.9. The molecule has 0 amide bonds. The molecule has 0 aromatic rings. The summed E-state index contributed by atoms with van der Waals surface area (Å²) in [6.45, 7) is 23.5. The fourth-order valence-corrected chi connectivity index (χ4v) is 7.11. The second-order valence-electron chi connectivity index (χ2n) is 14.3.